The first kappa shape index (κ1) is 23.3. The second-order valence-corrected chi connectivity index (χ2v) is 7.14. The molecule has 1 unspecified atom stereocenters. The molecule has 2 aliphatic heterocycles. The smallest absolute Gasteiger partial charge is 0.191 e. The highest BCUT2D eigenvalue weighted by Crippen LogP contribution is 2.14. The summed E-state index contributed by atoms with van der Waals surface area (Å²) in [4.78, 5) is 4.64. The Kier molecular flexibility index (Phi) is 11.1. The molecule has 2 aliphatic rings. The lowest BCUT2D eigenvalue weighted by molar-refractivity contribution is 0.0424. The third kappa shape index (κ3) is 7.47. The molecule has 3 rings (SSSR count). The van der Waals surface area contributed by atoms with E-state index in [2.05, 4.69) is 37.3 Å². The third-order valence-electron chi connectivity index (χ3n) is 4.99. The molecule has 9 heteroatoms. The monoisotopic (exact) mass is 506 g/mol. The summed E-state index contributed by atoms with van der Waals surface area (Å²) < 4.78 is 13.4. The van der Waals surface area contributed by atoms with E-state index < -0.39 is 0 Å². The first-order valence-electron chi connectivity index (χ1n) is 10.5. The van der Waals surface area contributed by atoms with Gasteiger partial charge in [-0.15, -0.1) is 34.2 Å². The standard InChI is InChI=1S/C19H34N6O2.HI/c1-2-20-19(21-10-6-13-27-16-9-14-26-15-16)22-11-8-18-24-23-17-7-4-3-5-12-25(17)18;/h16H,2-15H2,1H3,(H2,20,21,22);1H. The molecule has 0 radical (unpaired) electrons. The molecule has 1 atom stereocenters. The quantitative estimate of drug-likeness (QED) is 0.231. The number of guanidine groups is 1. The van der Waals surface area contributed by atoms with Crippen molar-refractivity contribution < 1.29 is 9.47 Å². The van der Waals surface area contributed by atoms with E-state index in [1.54, 1.807) is 0 Å². The van der Waals surface area contributed by atoms with Crippen LogP contribution in [-0.4, -0.2) is 66.3 Å². The number of hydrogen-bond donors (Lipinski definition) is 2. The van der Waals surface area contributed by atoms with Gasteiger partial charge in [-0.3, -0.25) is 4.99 Å². The van der Waals surface area contributed by atoms with Crippen LogP contribution in [0, 0.1) is 0 Å². The molecule has 0 spiro atoms. The van der Waals surface area contributed by atoms with E-state index in [1.165, 1.54) is 19.3 Å². The molecule has 2 N–H and O–H groups in total. The van der Waals surface area contributed by atoms with Gasteiger partial charge in [0.15, 0.2) is 5.96 Å². The van der Waals surface area contributed by atoms with Gasteiger partial charge in [-0.25, -0.2) is 0 Å². The van der Waals surface area contributed by atoms with Crippen molar-refractivity contribution in [2.24, 2.45) is 4.99 Å². The van der Waals surface area contributed by atoms with Crippen molar-refractivity contribution in [1.29, 1.82) is 0 Å². The van der Waals surface area contributed by atoms with Crippen molar-refractivity contribution in [2.75, 3.05) is 39.5 Å². The number of halogens is 1. The van der Waals surface area contributed by atoms with Gasteiger partial charge in [0.2, 0.25) is 0 Å². The first-order valence-corrected chi connectivity index (χ1v) is 10.5. The number of hydrogen-bond acceptors (Lipinski definition) is 5. The van der Waals surface area contributed by atoms with Crippen molar-refractivity contribution >= 4 is 29.9 Å². The lowest BCUT2D eigenvalue weighted by Gasteiger charge is -2.12. The highest BCUT2D eigenvalue weighted by atomic mass is 127. The summed E-state index contributed by atoms with van der Waals surface area (Å²) in [7, 11) is 0. The van der Waals surface area contributed by atoms with Crippen molar-refractivity contribution in [3.8, 4) is 0 Å². The van der Waals surface area contributed by atoms with Gasteiger partial charge in [0.05, 0.1) is 12.7 Å². The maximum absolute atomic E-state index is 5.78. The summed E-state index contributed by atoms with van der Waals surface area (Å²) in [5, 5.41) is 15.5. The Morgan fingerprint density at radius 3 is 3.04 bits per heavy atom. The molecule has 3 heterocycles. The Hall–Kier alpha value is -0.940. The van der Waals surface area contributed by atoms with Gasteiger partial charge < -0.3 is 24.7 Å². The Labute approximate surface area is 185 Å². The SMILES string of the molecule is CCNC(=NCCCOC1CCOC1)NCCc1nnc2n1CCCCC2.I. The zero-order chi connectivity index (χ0) is 18.7. The van der Waals surface area contributed by atoms with E-state index in [-0.39, 0.29) is 30.1 Å². The molecular weight excluding hydrogens is 471 g/mol. The minimum atomic E-state index is 0. The normalized spacial score (nSPS) is 19.6. The van der Waals surface area contributed by atoms with Crippen LogP contribution < -0.4 is 10.6 Å². The summed E-state index contributed by atoms with van der Waals surface area (Å²) in [6.07, 6.45) is 7.87. The Balaban J connectivity index is 0.00000280. The van der Waals surface area contributed by atoms with Crippen LogP contribution in [-0.2, 0) is 28.9 Å². The van der Waals surface area contributed by atoms with E-state index in [0.29, 0.717) is 0 Å². The van der Waals surface area contributed by atoms with Crippen LogP contribution in [0.1, 0.15) is 50.7 Å². The summed E-state index contributed by atoms with van der Waals surface area (Å²) in [6.45, 7) is 7.84. The number of aliphatic imine (C=N–C) groups is 1. The van der Waals surface area contributed by atoms with E-state index in [1.807, 2.05) is 0 Å². The molecule has 0 aromatic carbocycles. The topological polar surface area (TPSA) is 85.6 Å². The van der Waals surface area contributed by atoms with Crippen LogP contribution in [0.4, 0.5) is 0 Å². The Morgan fingerprint density at radius 2 is 2.21 bits per heavy atom. The van der Waals surface area contributed by atoms with E-state index in [4.69, 9.17) is 9.47 Å². The van der Waals surface area contributed by atoms with Crippen LogP contribution in [0.15, 0.2) is 4.99 Å². The zero-order valence-electron chi connectivity index (χ0n) is 17.0. The average molecular weight is 506 g/mol. The van der Waals surface area contributed by atoms with E-state index in [9.17, 15) is 0 Å². The van der Waals surface area contributed by atoms with Crippen molar-refractivity contribution in [1.82, 2.24) is 25.4 Å². The second-order valence-electron chi connectivity index (χ2n) is 7.14. The number of aromatic nitrogens is 3. The second kappa shape index (κ2) is 13.3. The van der Waals surface area contributed by atoms with Gasteiger partial charge in [-0.05, 0) is 32.6 Å². The fraction of sp³-hybridized carbons (Fsp3) is 0.842. The van der Waals surface area contributed by atoms with Crippen LogP contribution in [0.3, 0.4) is 0 Å². The molecular formula is C19H35IN6O2. The van der Waals surface area contributed by atoms with Crippen molar-refractivity contribution in [2.45, 2.75) is 64.5 Å². The Morgan fingerprint density at radius 1 is 1.29 bits per heavy atom. The average Bonchev–Trinajstić information content (AvgIpc) is 3.26. The van der Waals surface area contributed by atoms with Crippen LogP contribution >= 0.6 is 24.0 Å². The van der Waals surface area contributed by atoms with Crippen molar-refractivity contribution in [3.05, 3.63) is 11.6 Å². The van der Waals surface area contributed by atoms with Gasteiger partial charge in [-0.1, -0.05) is 6.42 Å². The summed E-state index contributed by atoms with van der Waals surface area (Å²) in [6, 6.07) is 0. The maximum atomic E-state index is 5.78. The summed E-state index contributed by atoms with van der Waals surface area (Å²) in [5.74, 6) is 3.09. The molecule has 8 nitrogen and oxygen atoms in total. The molecule has 1 fully saturated rings. The molecule has 1 aromatic heterocycles. The molecule has 0 saturated carbocycles. The van der Waals surface area contributed by atoms with Crippen LogP contribution in [0.5, 0.6) is 0 Å². The van der Waals surface area contributed by atoms with Crippen molar-refractivity contribution in [3.63, 3.8) is 0 Å². The van der Waals surface area contributed by atoms with Gasteiger partial charge in [-0.2, -0.15) is 0 Å². The van der Waals surface area contributed by atoms with Gasteiger partial charge in [0.25, 0.3) is 0 Å². The maximum Gasteiger partial charge on any atom is 0.191 e. The van der Waals surface area contributed by atoms with Crippen LogP contribution in [0.2, 0.25) is 0 Å². The Bertz CT molecular complexity index is 589. The highest BCUT2D eigenvalue weighted by molar-refractivity contribution is 14.0. The van der Waals surface area contributed by atoms with Gasteiger partial charge in [0, 0.05) is 52.2 Å². The van der Waals surface area contributed by atoms with Gasteiger partial charge in [0.1, 0.15) is 11.6 Å². The number of ether oxygens (including phenoxy) is 2. The third-order valence-corrected chi connectivity index (χ3v) is 4.99. The number of aryl methyl sites for hydroxylation is 1. The summed E-state index contributed by atoms with van der Waals surface area (Å²) >= 11 is 0. The molecule has 28 heavy (non-hydrogen) atoms. The number of fused-ring (bicyclic) bond motifs is 1. The molecule has 1 aromatic rings. The number of nitrogens with zero attached hydrogens (tertiary/aromatic N) is 4. The predicted molar refractivity (Wildman–Crippen MR) is 120 cm³/mol. The van der Waals surface area contributed by atoms with E-state index in [0.717, 1.165) is 89.3 Å². The fourth-order valence-corrected chi connectivity index (χ4v) is 3.51. The minimum absolute atomic E-state index is 0. The molecule has 1 saturated heterocycles. The number of rotatable bonds is 9. The first-order chi connectivity index (χ1) is 13.4. The van der Waals surface area contributed by atoms with Crippen LogP contribution in [0.25, 0.3) is 0 Å². The molecule has 0 bridgehead atoms. The lowest BCUT2D eigenvalue weighted by Crippen LogP contribution is -2.38. The van der Waals surface area contributed by atoms with Gasteiger partial charge >= 0.3 is 0 Å². The summed E-state index contributed by atoms with van der Waals surface area (Å²) in [5.41, 5.74) is 0. The minimum Gasteiger partial charge on any atom is -0.379 e. The molecule has 0 amide bonds. The predicted octanol–water partition coefficient (Wildman–Crippen LogP) is 1.92. The molecule has 0 aliphatic carbocycles. The fourth-order valence-electron chi connectivity index (χ4n) is 3.51. The van der Waals surface area contributed by atoms with E-state index >= 15 is 0 Å². The highest BCUT2D eigenvalue weighted by Gasteiger charge is 2.15. The lowest BCUT2D eigenvalue weighted by atomic mass is 10.2. The number of nitrogens with one attached hydrogen (secondary N) is 2. The largest absolute Gasteiger partial charge is 0.379 e. The zero-order valence-corrected chi connectivity index (χ0v) is 19.3. The molecule has 160 valence electrons.